The van der Waals surface area contributed by atoms with Crippen LogP contribution in [0, 0.1) is 0 Å². The molecule has 1 aliphatic rings. The van der Waals surface area contributed by atoms with Crippen LogP contribution in [0.1, 0.15) is 21.9 Å². The van der Waals surface area contributed by atoms with Gasteiger partial charge >= 0.3 is 0 Å². The van der Waals surface area contributed by atoms with Gasteiger partial charge in [0.15, 0.2) is 0 Å². The Kier molecular flexibility index (Phi) is 3.08. The minimum absolute atomic E-state index is 0.0285. The van der Waals surface area contributed by atoms with Crippen LogP contribution in [-0.2, 0) is 24.4 Å². The van der Waals surface area contributed by atoms with E-state index in [1.165, 1.54) is 0 Å². The summed E-state index contributed by atoms with van der Waals surface area (Å²) in [6.45, 7) is 2.54. The van der Waals surface area contributed by atoms with Gasteiger partial charge in [-0.15, -0.1) is 0 Å². The summed E-state index contributed by atoms with van der Waals surface area (Å²) in [5, 5.41) is 0. The molecule has 19 heavy (non-hydrogen) atoms. The highest BCUT2D eigenvalue weighted by molar-refractivity contribution is 5.92. The van der Waals surface area contributed by atoms with Crippen molar-refractivity contribution in [1.82, 2.24) is 19.4 Å². The third-order valence-corrected chi connectivity index (χ3v) is 3.38. The number of carbonyl (C=O) groups is 1. The fourth-order valence-corrected chi connectivity index (χ4v) is 2.38. The molecule has 0 saturated carbocycles. The number of nitrogens with zero attached hydrogens (tertiary/aromatic N) is 3. The Hall–Kier alpha value is -2.08. The van der Waals surface area contributed by atoms with Crippen LogP contribution in [0.5, 0.6) is 0 Å². The highest BCUT2D eigenvalue weighted by Gasteiger charge is 2.24. The molecule has 0 spiro atoms. The first-order chi connectivity index (χ1) is 9.29. The summed E-state index contributed by atoms with van der Waals surface area (Å²) < 4.78 is 7.22. The van der Waals surface area contributed by atoms with Crippen molar-refractivity contribution in [2.24, 2.45) is 0 Å². The smallest absolute Gasteiger partial charge is 0.270 e. The molecule has 3 rings (SSSR count). The van der Waals surface area contributed by atoms with Crippen molar-refractivity contribution >= 4 is 5.91 Å². The summed E-state index contributed by atoms with van der Waals surface area (Å²) in [7, 11) is 1.65. The second-order valence-corrected chi connectivity index (χ2v) is 4.57. The molecular weight excluding hydrogens is 244 g/mol. The Labute approximate surface area is 111 Å². The summed E-state index contributed by atoms with van der Waals surface area (Å²) in [4.78, 5) is 21.4. The van der Waals surface area contributed by atoms with Gasteiger partial charge in [-0.25, -0.2) is 4.98 Å². The molecule has 100 valence electrons. The molecule has 0 unspecified atom stereocenters. The van der Waals surface area contributed by atoms with Crippen molar-refractivity contribution in [2.45, 2.75) is 19.7 Å². The van der Waals surface area contributed by atoms with Crippen LogP contribution in [0.25, 0.3) is 0 Å². The number of rotatable bonds is 3. The third-order valence-electron chi connectivity index (χ3n) is 3.38. The van der Waals surface area contributed by atoms with E-state index in [0.717, 1.165) is 17.9 Å². The van der Waals surface area contributed by atoms with Crippen molar-refractivity contribution in [3.8, 4) is 0 Å². The van der Waals surface area contributed by atoms with E-state index >= 15 is 0 Å². The zero-order chi connectivity index (χ0) is 13.2. The molecule has 3 heterocycles. The molecule has 6 heteroatoms. The van der Waals surface area contributed by atoms with E-state index in [1.807, 2.05) is 17.3 Å². The average molecular weight is 260 g/mol. The molecule has 0 aromatic carbocycles. The second kappa shape index (κ2) is 4.89. The predicted molar refractivity (Wildman–Crippen MR) is 68.5 cm³/mol. The molecule has 2 aromatic rings. The maximum atomic E-state index is 12.3. The van der Waals surface area contributed by atoms with Crippen molar-refractivity contribution in [3.63, 3.8) is 0 Å². The van der Waals surface area contributed by atoms with E-state index in [0.29, 0.717) is 25.4 Å². The lowest BCUT2D eigenvalue weighted by Gasteiger charge is -2.28. The van der Waals surface area contributed by atoms with E-state index in [2.05, 4.69) is 14.5 Å². The summed E-state index contributed by atoms with van der Waals surface area (Å²) in [6.07, 6.45) is 3.58. The van der Waals surface area contributed by atoms with Gasteiger partial charge in [-0.2, -0.15) is 0 Å². The number of methoxy groups -OCH3 is 1. The Balaban J connectivity index is 1.81. The van der Waals surface area contributed by atoms with Gasteiger partial charge in [-0.1, -0.05) is 0 Å². The standard InChI is InChI=1S/C13H16N4O2/c1-19-8-11-12-7-16(5-6-17(12)9-15-11)13(18)10-3-2-4-14-10/h2-4,9,14H,5-8H2,1H3. The zero-order valence-corrected chi connectivity index (χ0v) is 10.8. The summed E-state index contributed by atoms with van der Waals surface area (Å²) in [5.41, 5.74) is 2.60. The largest absolute Gasteiger partial charge is 0.378 e. The van der Waals surface area contributed by atoms with Gasteiger partial charge < -0.3 is 19.2 Å². The molecule has 1 N–H and O–H groups in total. The number of carbonyl (C=O) groups excluding carboxylic acids is 1. The number of aromatic amines is 1. The Morgan fingerprint density at radius 3 is 3.16 bits per heavy atom. The number of fused-ring (bicyclic) bond motifs is 1. The van der Waals surface area contributed by atoms with Crippen LogP contribution < -0.4 is 0 Å². The van der Waals surface area contributed by atoms with E-state index in [4.69, 9.17) is 4.74 Å². The number of H-pyrrole nitrogens is 1. The van der Waals surface area contributed by atoms with Crippen molar-refractivity contribution in [2.75, 3.05) is 13.7 Å². The highest BCUT2D eigenvalue weighted by Crippen LogP contribution is 2.18. The molecule has 0 atom stereocenters. The fourth-order valence-electron chi connectivity index (χ4n) is 2.38. The number of hydrogen-bond acceptors (Lipinski definition) is 3. The number of amides is 1. The lowest BCUT2D eigenvalue weighted by molar-refractivity contribution is 0.0703. The summed E-state index contributed by atoms with van der Waals surface area (Å²) >= 11 is 0. The molecule has 2 aromatic heterocycles. The molecular formula is C13H16N4O2. The van der Waals surface area contributed by atoms with Gasteiger partial charge in [-0.3, -0.25) is 4.79 Å². The number of ether oxygens (including phenoxy) is 1. The maximum Gasteiger partial charge on any atom is 0.270 e. The third kappa shape index (κ3) is 2.15. The second-order valence-electron chi connectivity index (χ2n) is 4.57. The van der Waals surface area contributed by atoms with Gasteiger partial charge in [0.1, 0.15) is 5.69 Å². The van der Waals surface area contributed by atoms with Crippen LogP contribution in [-0.4, -0.2) is 39.0 Å². The van der Waals surface area contributed by atoms with E-state index in [1.54, 1.807) is 19.4 Å². The lowest BCUT2D eigenvalue weighted by Crippen LogP contribution is -2.38. The first-order valence-corrected chi connectivity index (χ1v) is 6.24. The van der Waals surface area contributed by atoms with Crippen LogP contribution >= 0.6 is 0 Å². The first-order valence-electron chi connectivity index (χ1n) is 6.24. The van der Waals surface area contributed by atoms with E-state index < -0.39 is 0 Å². The molecule has 0 bridgehead atoms. The quantitative estimate of drug-likeness (QED) is 0.896. The minimum atomic E-state index is 0.0285. The van der Waals surface area contributed by atoms with Gasteiger partial charge in [0.25, 0.3) is 5.91 Å². The number of hydrogen-bond donors (Lipinski definition) is 1. The topological polar surface area (TPSA) is 63.1 Å². The lowest BCUT2D eigenvalue weighted by atomic mass is 10.2. The van der Waals surface area contributed by atoms with Gasteiger partial charge in [0.05, 0.1) is 30.9 Å². The van der Waals surface area contributed by atoms with Crippen LogP contribution in [0.2, 0.25) is 0 Å². The first kappa shape index (κ1) is 12.0. The Morgan fingerprint density at radius 1 is 1.53 bits per heavy atom. The Bertz CT molecular complexity index is 573. The van der Waals surface area contributed by atoms with Gasteiger partial charge in [-0.05, 0) is 12.1 Å². The number of imidazole rings is 1. The average Bonchev–Trinajstić information content (AvgIpc) is 3.08. The van der Waals surface area contributed by atoms with Crippen LogP contribution in [0.4, 0.5) is 0 Å². The highest BCUT2D eigenvalue weighted by atomic mass is 16.5. The molecule has 0 aliphatic carbocycles. The van der Waals surface area contributed by atoms with Crippen LogP contribution in [0.3, 0.4) is 0 Å². The van der Waals surface area contributed by atoms with E-state index in [9.17, 15) is 4.79 Å². The molecule has 0 fully saturated rings. The molecule has 0 radical (unpaired) electrons. The fraction of sp³-hybridized carbons (Fsp3) is 0.385. The minimum Gasteiger partial charge on any atom is -0.378 e. The van der Waals surface area contributed by atoms with E-state index in [-0.39, 0.29) is 5.91 Å². The summed E-state index contributed by atoms with van der Waals surface area (Å²) in [6, 6.07) is 3.63. The maximum absolute atomic E-state index is 12.3. The SMILES string of the molecule is COCc1ncn2c1CN(C(=O)c1ccc[nH]1)CC2. The predicted octanol–water partition coefficient (Wildman–Crippen LogP) is 1.01. The molecule has 1 amide bonds. The van der Waals surface area contributed by atoms with Gasteiger partial charge in [0, 0.05) is 26.4 Å². The Morgan fingerprint density at radius 2 is 2.42 bits per heavy atom. The normalized spacial score (nSPS) is 14.5. The summed E-state index contributed by atoms with van der Waals surface area (Å²) in [5.74, 6) is 0.0285. The number of aromatic nitrogens is 3. The van der Waals surface area contributed by atoms with Crippen LogP contribution in [0.15, 0.2) is 24.7 Å². The monoisotopic (exact) mass is 260 g/mol. The van der Waals surface area contributed by atoms with Crippen molar-refractivity contribution < 1.29 is 9.53 Å². The number of nitrogens with one attached hydrogen (secondary N) is 1. The molecule has 6 nitrogen and oxygen atoms in total. The van der Waals surface area contributed by atoms with Crippen molar-refractivity contribution in [3.05, 3.63) is 41.7 Å². The molecule has 0 saturated heterocycles. The van der Waals surface area contributed by atoms with Crippen molar-refractivity contribution in [1.29, 1.82) is 0 Å². The molecule has 1 aliphatic heterocycles. The zero-order valence-electron chi connectivity index (χ0n) is 10.8. The van der Waals surface area contributed by atoms with Gasteiger partial charge in [0.2, 0.25) is 0 Å².